The number of carboxylic acids is 1. The van der Waals surface area contributed by atoms with Crippen molar-refractivity contribution in [3.8, 4) is 11.6 Å². The Morgan fingerprint density at radius 3 is 2.94 bits per heavy atom. The normalized spacial score (nSPS) is 16.7. The highest BCUT2D eigenvalue weighted by atomic mass is 16.5. The lowest BCUT2D eigenvalue weighted by atomic mass is 9.76. The molecule has 9 heteroatoms. The number of aliphatic carboxylic acids is 1. The summed E-state index contributed by atoms with van der Waals surface area (Å²) in [6.45, 7) is 9.52. The van der Waals surface area contributed by atoms with Gasteiger partial charge >= 0.3 is 5.97 Å². The molecule has 2 aliphatic rings. The Labute approximate surface area is 205 Å². The molecule has 0 saturated carbocycles. The average Bonchev–Trinajstić information content (AvgIpc) is 3.45. The van der Waals surface area contributed by atoms with Gasteiger partial charge in [-0.25, -0.2) is 0 Å². The van der Waals surface area contributed by atoms with Crippen LogP contribution in [-0.2, 0) is 37.1 Å². The Hall–Kier alpha value is -3.20. The van der Waals surface area contributed by atoms with Crippen LogP contribution in [-0.4, -0.2) is 44.1 Å². The quantitative estimate of drug-likeness (QED) is 0.466. The maximum atomic E-state index is 10.7. The summed E-state index contributed by atoms with van der Waals surface area (Å²) in [7, 11) is 0. The number of rotatable bonds is 8. The van der Waals surface area contributed by atoms with Gasteiger partial charge in [-0.05, 0) is 66.8 Å². The number of aromatic nitrogens is 4. The fourth-order valence-corrected chi connectivity index (χ4v) is 5.25. The molecule has 2 N–H and O–H groups in total. The molecule has 186 valence electrons. The van der Waals surface area contributed by atoms with Crippen molar-refractivity contribution in [3.05, 3.63) is 40.6 Å². The Bertz CT molecular complexity index is 1230. The smallest absolute Gasteiger partial charge is 0.304 e. The minimum absolute atomic E-state index is 0.121. The van der Waals surface area contributed by atoms with E-state index >= 15 is 0 Å². The molecule has 1 aromatic carbocycles. The molecule has 9 nitrogen and oxygen atoms in total. The molecule has 0 radical (unpaired) electrons. The number of hydrogen-bond donors (Lipinski definition) is 2. The van der Waals surface area contributed by atoms with Crippen molar-refractivity contribution in [3.63, 3.8) is 0 Å². The number of fused-ring (bicyclic) bond motifs is 2. The second-order valence-electron chi connectivity index (χ2n) is 10.4. The SMILES string of the molecule is CCn1nc(-c2nc(N3CCCc4cc(CNCCC(=O)O)ccc43)no2)c2c1CC(C)(C)CC2. The van der Waals surface area contributed by atoms with Gasteiger partial charge in [0, 0.05) is 43.1 Å². The topological polar surface area (TPSA) is 109 Å². The lowest BCUT2D eigenvalue weighted by molar-refractivity contribution is -0.136. The average molecular weight is 479 g/mol. The zero-order valence-electron chi connectivity index (χ0n) is 20.8. The third-order valence-electron chi connectivity index (χ3n) is 7.13. The minimum Gasteiger partial charge on any atom is -0.481 e. The molecule has 3 aromatic rings. The maximum absolute atomic E-state index is 10.7. The van der Waals surface area contributed by atoms with E-state index in [1.54, 1.807) is 0 Å². The molecular formula is C26H34N6O3. The van der Waals surface area contributed by atoms with Crippen LogP contribution in [0.4, 0.5) is 11.6 Å². The van der Waals surface area contributed by atoms with Crippen LogP contribution in [0.15, 0.2) is 22.7 Å². The summed E-state index contributed by atoms with van der Waals surface area (Å²) in [5.41, 5.74) is 7.14. The van der Waals surface area contributed by atoms with Crippen molar-refractivity contribution in [2.75, 3.05) is 18.0 Å². The molecule has 0 fully saturated rings. The highest BCUT2D eigenvalue weighted by Crippen LogP contribution is 2.39. The van der Waals surface area contributed by atoms with Crippen molar-refractivity contribution in [1.82, 2.24) is 25.2 Å². The van der Waals surface area contributed by atoms with Gasteiger partial charge in [-0.2, -0.15) is 10.1 Å². The van der Waals surface area contributed by atoms with Crippen LogP contribution in [0.3, 0.4) is 0 Å². The number of nitrogens with zero attached hydrogens (tertiary/aromatic N) is 5. The van der Waals surface area contributed by atoms with Gasteiger partial charge in [0.05, 0.1) is 6.42 Å². The van der Waals surface area contributed by atoms with Crippen LogP contribution in [0, 0.1) is 5.41 Å². The Balaban J connectivity index is 1.37. The highest BCUT2D eigenvalue weighted by Gasteiger charge is 2.33. The highest BCUT2D eigenvalue weighted by molar-refractivity contribution is 5.67. The van der Waals surface area contributed by atoms with E-state index in [9.17, 15) is 4.79 Å². The second kappa shape index (κ2) is 9.45. The number of aryl methyl sites for hydroxylation is 2. The molecular weight excluding hydrogens is 444 g/mol. The third-order valence-corrected chi connectivity index (χ3v) is 7.13. The van der Waals surface area contributed by atoms with Crippen LogP contribution in [0.25, 0.3) is 11.6 Å². The fourth-order valence-electron chi connectivity index (χ4n) is 5.25. The van der Waals surface area contributed by atoms with E-state index in [-0.39, 0.29) is 11.8 Å². The lowest BCUT2D eigenvalue weighted by Crippen LogP contribution is -2.26. The number of nitrogens with one attached hydrogen (secondary N) is 1. The molecule has 0 unspecified atom stereocenters. The summed E-state index contributed by atoms with van der Waals surface area (Å²) in [5.74, 6) is 0.280. The number of benzene rings is 1. The summed E-state index contributed by atoms with van der Waals surface area (Å²) < 4.78 is 7.86. The van der Waals surface area contributed by atoms with Crippen molar-refractivity contribution in [2.24, 2.45) is 5.41 Å². The van der Waals surface area contributed by atoms with Gasteiger partial charge in [0.2, 0.25) is 0 Å². The lowest BCUT2D eigenvalue weighted by Gasteiger charge is -2.30. The third kappa shape index (κ3) is 4.82. The molecule has 3 heterocycles. The number of carboxylic acid groups (broad SMARTS) is 1. The van der Waals surface area contributed by atoms with Gasteiger partial charge in [-0.3, -0.25) is 9.48 Å². The molecule has 35 heavy (non-hydrogen) atoms. The van der Waals surface area contributed by atoms with Crippen molar-refractivity contribution < 1.29 is 14.4 Å². The van der Waals surface area contributed by atoms with Crippen molar-refractivity contribution in [1.29, 1.82) is 0 Å². The van der Waals surface area contributed by atoms with Gasteiger partial charge in [0.15, 0.2) is 5.69 Å². The Morgan fingerprint density at radius 2 is 2.14 bits per heavy atom. The van der Waals surface area contributed by atoms with E-state index in [2.05, 4.69) is 59.0 Å². The summed E-state index contributed by atoms with van der Waals surface area (Å²) >= 11 is 0. The predicted octanol–water partition coefficient (Wildman–Crippen LogP) is 4.12. The first-order valence-electron chi connectivity index (χ1n) is 12.6. The zero-order valence-corrected chi connectivity index (χ0v) is 20.8. The first-order chi connectivity index (χ1) is 16.8. The van der Waals surface area contributed by atoms with E-state index in [1.165, 1.54) is 16.8 Å². The van der Waals surface area contributed by atoms with Crippen LogP contribution >= 0.6 is 0 Å². The number of anilines is 2. The monoisotopic (exact) mass is 478 g/mol. The van der Waals surface area contributed by atoms with E-state index in [0.29, 0.717) is 24.9 Å². The Morgan fingerprint density at radius 1 is 1.29 bits per heavy atom. The van der Waals surface area contributed by atoms with Crippen LogP contribution in [0.2, 0.25) is 0 Å². The van der Waals surface area contributed by atoms with E-state index in [4.69, 9.17) is 19.7 Å². The van der Waals surface area contributed by atoms with E-state index in [0.717, 1.165) is 62.1 Å². The number of carbonyl (C=O) groups is 1. The molecule has 0 saturated heterocycles. The second-order valence-corrected chi connectivity index (χ2v) is 10.4. The molecule has 0 bridgehead atoms. The predicted molar refractivity (Wildman–Crippen MR) is 133 cm³/mol. The molecule has 5 rings (SSSR count). The summed E-state index contributed by atoms with van der Waals surface area (Å²) in [4.78, 5) is 17.6. The van der Waals surface area contributed by atoms with E-state index < -0.39 is 5.97 Å². The van der Waals surface area contributed by atoms with Crippen molar-refractivity contribution in [2.45, 2.75) is 72.4 Å². The first-order valence-corrected chi connectivity index (χ1v) is 12.6. The Kier molecular flexibility index (Phi) is 6.35. The fraction of sp³-hybridized carbons (Fsp3) is 0.538. The summed E-state index contributed by atoms with van der Waals surface area (Å²) in [5, 5.41) is 21.2. The standard InChI is InChI=1S/C26H34N6O3/c1-4-32-21-15-26(2,3)11-9-19(21)23(29-32)24-28-25(30-35-24)31-13-5-6-18-14-17(7-8-20(18)31)16-27-12-10-22(33)34/h7-8,14,27H,4-6,9-13,15-16H2,1-3H3,(H,33,34). The molecule has 0 atom stereocenters. The van der Waals surface area contributed by atoms with Crippen LogP contribution < -0.4 is 10.2 Å². The first kappa shape index (κ1) is 23.5. The maximum Gasteiger partial charge on any atom is 0.304 e. The van der Waals surface area contributed by atoms with Gasteiger partial charge in [-0.1, -0.05) is 26.0 Å². The molecule has 1 aliphatic carbocycles. The van der Waals surface area contributed by atoms with Gasteiger partial charge in [-0.15, -0.1) is 0 Å². The molecule has 2 aromatic heterocycles. The van der Waals surface area contributed by atoms with E-state index in [1.807, 2.05) is 0 Å². The van der Waals surface area contributed by atoms with Crippen LogP contribution in [0.5, 0.6) is 0 Å². The van der Waals surface area contributed by atoms with Gasteiger partial charge < -0.3 is 19.8 Å². The molecule has 1 aliphatic heterocycles. The van der Waals surface area contributed by atoms with Crippen molar-refractivity contribution >= 4 is 17.6 Å². The summed E-state index contributed by atoms with van der Waals surface area (Å²) in [6.07, 6.45) is 5.22. The largest absolute Gasteiger partial charge is 0.481 e. The molecule has 0 amide bonds. The van der Waals surface area contributed by atoms with Crippen LogP contribution in [0.1, 0.15) is 62.4 Å². The summed E-state index contributed by atoms with van der Waals surface area (Å²) in [6, 6.07) is 6.37. The minimum atomic E-state index is -0.788. The van der Waals surface area contributed by atoms with Gasteiger partial charge in [0.1, 0.15) is 0 Å². The number of hydrogen-bond acceptors (Lipinski definition) is 7. The molecule has 0 spiro atoms. The zero-order chi connectivity index (χ0) is 24.6. The van der Waals surface area contributed by atoms with Gasteiger partial charge in [0.25, 0.3) is 11.8 Å².